The number of ether oxygens (including phenoxy) is 1. The monoisotopic (exact) mass is 294 g/mol. The highest BCUT2D eigenvalue weighted by Gasteiger charge is 2.27. The van der Waals surface area contributed by atoms with Gasteiger partial charge in [0.1, 0.15) is 11.6 Å². The van der Waals surface area contributed by atoms with Crippen LogP contribution >= 0.6 is 11.6 Å². The summed E-state index contributed by atoms with van der Waals surface area (Å²) in [7, 11) is 1.67. The molecule has 2 rings (SSSR count). The molecule has 0 N–H and O–H groups in total. The molecule has 4 heteroatoms. The van der Waals surface area contributed by atoms with Crippen molar-refractivity contribution in [2.75, 3.05) is 7.11 Å². The summed E-state index contributed by atoms with van der Waals surface area (Å²) in [5.41, 5.74) is 2.05. The van der Waals surface area contributed by atoms with Crippen molar-refractivity contribution in [2.24, 2.45) is 0 Å². The van der Waals surface area contributed by atoms with Gasteiger partial charge in [0.2, 0.25) is 0 Å². The highest BCUT2D eigenvalue weighted by atomic mass is 35.5. The molecule has 0 fully saturated rings. The molecular formula is C16H23ClN2O. The fourth-order valence-corrected chi connectivity index (χ4v) is 2.98. The fraction of sp³-hybridized carbons (Fsp3) is 0.562. The molecule has 0 saturated carbocycles. The summed E-state index contributed by atoms with van der Waals surface area (Å²) in [6, 6.07) is 6.02. The summed E-state index contributed by atoms with van der Waals surface area (Å²) in [5.74, 6) is 1.75. The van der Waals surface area contributed by atoms with Gasteiger partial charge in [-0.1, -0.05) is 13.3 Å². The fourth-order valence-electron chi connectivity index (χ4n) is 2.83. The SMILES string of the molecule is CCCC(C)(C)n1c(C(C)Cl)nc2cc(OC)ccc21. The van der Waals surface area contributed by atoms with Gasteiger partial charge in [-0.15, -0.1) is 11.6 Å². The summed E-state index contributed by atoms with van der Waals surface area (Å²) in [4.78, 5) is 4.72. The van der Waals surface area contributed by atoms with Gasteiger partial charge in [0.15, 0.2) is 0 Å². The van der Waals surface area contributed by atoms with Crippen LogP contribution in [0.3, 0.4) is 0 Å². The summed E-state index contributed by atoms with van der Waals surface area (Å²) in [6.45, 7) is 8.65. The lowest BCUT2D eigenvalue weighted by Gasteiger charge is -2.29. The molecule has 1 atom stereocenters. The summed E-state index contributed by atoms with van der Waals surface area (Å²) in [5, 5.41) is -0.121. The highest BCUT2D eigenvalue weighted by molar-refractivity contribution is 6.20. The molecule has 0 saturated heterocycles. The third-order valence-electron chi connectivity index (χ3n) is 3.71. The lowest BCUT2D eigenvalue weighted by Crippen LogP contribution is -2.28. The van der Waals surface area contributed by atoms with Crippen LogP contribution in [0.15, 0.2) is 18.2 Å². The molecule has 0 aliphatic heterocycles. The molecule has 0 aliphatic carbocycles. The number of nitrogens with zero attached hydrogens (tertiary/aromatic N) is 2. The van der Waals surface area contributed by atoms with E-state index in [1.165, 1.54) is 0 Å². The topological polar surface area (TPSA) is 27.1 Å². The van der Waals surface area contributed by atoms with E-state index < -0.39 is 0 Å². The Bertz CT molecular complexity index is 602. The summed E-state index contributed by atoms with van der Waals surface area (Å²) in [6.07, 6.45) is 2.21. The number of hydrogen-bond acceptors (Lipinski definition) is 2. The molecule has 0 bridgehead atoms. The number of fused-ring (bicyclic) bond motifs is 1. The molecule has 20 heavy (non-hydrogen) atoms. The minimum atomic E-state index is -0.121. The summed E-state index contributed by atoms with van der Waals surface area (Å²) < 4.78 is 7.56. The maximum atomic E-state index is 6.35. The number of rotatable bonds is 5. The Kier molecular flexibility index (Phi) is 4.28. The van der Waals surface area contributed by atoms with Crippen LogP contribution in [-0.2, 0) is 5.54 Å². The first-order valence-corrected chi connectivity index (χ1v) is 7.55. The smallest absolute Gasteiger partial charge is 0.128 e. The molecule has 0 amide bonds. The first kappa shape index (κ1) is 15.2. The number of aromatic nitrogens is 2. The van der Waals surface area contributed by atoms with Crippen LogP contribution in [0.1, 0.15) is 51.7 Å². The second-order valence-corrected chi connectivity index (χ2v) is 6.49. The number of methoxy groups -OCH3 is 1. The predicted molar refractivity (Wildman–Crippen MR) is 84.8 cm³/mol. The molecule has 1 unspecified atom stereocenters. The van der Waals surface area contributed by atoms with Gasteiger partial charge in [-0.2, -0.15) is 0 Å². The normalized spacial score (nSPS) is 13.7. The number of imidazole rings is 1. The molecule has 1 aromatic heterocycles. The van der Waals surface area contributed by atoms with E-state index in [1.807, 2.05) is 19.1 Å². The maximum absolute atomic E-state index is 6.35. The van der Waals surface area contributed by atoms with Crippen molar-refractivity contribution >= 4 is 22.6 Å². The van der Waals surface area contributed by atoms with E-state index in [4.69, 9.17) is 21.3 Å². The number of benzene rings is 1. The van der Waals surface area contributed by atoms with E-state index in [0.717, 1.165) is 35.4 Å². The Labute approximate surface area is 125 Å². The lowest BCUT2D eigenvalue weighted by atomic mass is 9.97. The zero-order chi connectivity index (χ0) is 14.9. The Morgan fingerprint density at radius 1 is 1.40 bits per heavy atom. The lowest BCUT2D eigenvalue weighted by molar-refractivity contribution is 0.323. The Morgan fingerprint density at radius 2 is 2.10 bits per heavy atom. The van der Waals surface area contributed by atoms with Gasteiger partial charge in [0, 0.05) is 11.6 Å². The Balaban J connectivity index is 2.69. The van der Waals surface area contributed by atoms with Crippen LogP contribution in [0.2, 0.25) is 0 Å². The first-order valence-electron chi connectivity index (χ1n) is 7.11. The number of alkyl halides is 1. The minimum absolute atomic E-state index is 0.00340. The van der Waals surface area contributed by atoms with Crippen LogP contribution in [-0.4, -0.2) is 16.7 Å². The molecule has 1 aromatic carbocycles. The van der Waals surface area contributed by atoms with Crippen LogP contribution in [0, 0.1) is 0 Å². The van der Waals surface area contributed by atoms with Crippen LogP contribution in [0.25, 0.3) is 11.0 Å². The minimum Gasteiger partial charge on any atom is -0.497 e. The molecule has 0 spiro atoms. The predicted octanol–water partition coefficient (Wildman–Crippen LogP) is 4.88. The van der Waals surface area contributed by atoms with Crippen molar-refractivity contribution in [1.29, 1.82) is 0 Å². The maximum Gasteiger partial charge on any atom is 0.128 e. The Morgan fingerprint density at radius 3 is 2.65 bits per heavy atom. The number of hydrogen-bond donors (Lipinski definition) is 0. The average Bonchev–Trinajstić information content (AvgIpc) is 2.77. The van der Waals surface area contributed by atoms with E-state index in [-0.39, 0.29) is 10.9 Å². The second kappa shape index (κ2) is 5.65. The quantitative estimate of drug-likeness (QED) is 0.735. The largest absolute Gasteiger partial charge is 0.497 e. The van der Waals surface area contributed by atoms with E-state index in [1.54, 1.807) is 7.11 Å². The molecular weight excluding hydrogens is 272 g/mol. The van der Waals surface area contributed by atoms with E-state index in [0.29, 0.717) is 0 Å². The zero-order valence-corrected chi connectivity index (χ0v) is 13.7. The standard InChI is InChI=1S/C16H23ClN2O/c1-6-9-16(3,4)19-14-8-7-12(20-5)10-13(14)18-15(19)11(2)17/h7-8,10-11H,6,9H2,1-5H3. The highest BCUT2D eigenvalue weighted by Crippen LogP contribution is 2.34. The van der Waals surface area contributed by atoms with E-state index in [9.17, 15) is 0 Å². The van der Waals surface area contributed by atoms with Crippen molar-refractivity contribution in [3.05, 3.63) is 24.0 Å². The van der Waals surface area contributed by atoms with Gasteiger partial charge in [-0.05, 0) is 39.3 Å². The van der Waals surface area contributed by atoms with Crippen LogP contribution in [0.4, 0.5) is 0 Å². The number of halogens is 1. The van der Waals surface area contributed by atoms with E-state index in [2.05, 4.69) is 31.4 Å². The summed E-state index contributed by atoms with van der Waals surface area (Å²) >= 11 is 6.35. The second-order valence-electron chi connectivity index (χ2n) is 5.84. The van der Waals surface area contributed by atoms with Gasteiger partial charge >= 0.3 is 0 Å². The zero-order valence-electron chi connectivity index (χ0n) is 12.9. The van der Waals surface area contributed by atoms with E-state index >= 15 is 0 Å². The van der Waals surface area contributed by atoms with Gasteiger partial charge in [-0.25, -0.2) is 4.98 Å². The van der Waals surface area contributed by atoms with Gasteiger partial charge in [0.25, 0.3) is 0 Å². The third-order valence-corrected chi connectivity index (χ3v) is 3.91. The van der Waals surface area contributed by atoms with Crippen molar-refractivity contribution in [2.45, 2.75) is 51.5 Å². The molecule has 110 valence electrons. The van der Waals surface area contributed by atoms with Crippen molar-refractivity contribution in [3.63, 3.8) is 0 Å². The molecule has 0 aliphatic rings. The van der Waals surface area contributed by atoms with Gasteiger partial charge in [0.05, 0.1) is 23.5 Å². The Hall–Kier alpha value is -1.22. The molecule has 3 nitrogen and oxygen atoms in total. The molecule has 0 radical (unpaired) electrons. The van der Waals surface area contributed by atoms with Crippen molar-refractivity contribution in [1.82, 2.24) is 9.55 Å². The van der Waals surface area contributed by atoms with Gasteiger partial charge < -0.3 is 9.30 Å². The van der Waals surface area contributed by atoms with Crippen LogP contribution < -0.4 is 4.74 Å². The first-order chi connectivity index (χ1) is 9.40. The van der Waals surface area contributed by atoms with Gasteiger partial charge in [-0.3, -0.25) is 0 Å². The average molecular weight is 295 g/mol. The van der Waals surface area contributed by atoms with Crippen molar-refractivity contribution < 1.29 is 4.74 Å². The van der Waals surface area contributed by atoms with Crippen LogP contribution in [0.5, 0.6) is 5.75 Å². The van der Waals surface area contributed by atoms with Crippen molar-refractivity contribution in [3.8, 4) is 5.75 Å². The molecule has 1 heterocycles. The molecule has 2 aromatic rings. The third kappa shape index (κ3) is 2.64.